The molecule has 0 saturated heterocycles. The topological polar surface area (TPSA) is 115 Å². The van der Waals surface area contributed by atoms with Gasteiger partial charge in [0.2, 0.25) is 11.8 Å². The zero-order chi connectivity index (χ0) is 9.56. The van der Waals surface area contributed by atoms with Crippen LogP contribution in [0.2, 0.25) is 0 Å². The smallest absolute Gasteiger partial charge is 0.250 e. The molecular formula is C6H9N3O3. The minimum absolute atomic E-state index is 0.282. The quantitative estimate of drug-likeness (QED) is 0.411. The molecule has 3 amide bonds. The third-order valence-electron chi connectivity index (χ3n) is 0.847. The summed E-state index contributed by atoms with van der Waals surface area (Å²) in [6.07, 6.45) is 1.70. The van der Waals surface area contributed by atoms with E-state index >= 15 is 0 Å². The Bertz CT molecular complexity index is 234. The number of nitrogens with two attached hydrogens (primary N) is 2. The molecule has 0 saturated carbocycles. The number of rotatable bonds is 3. The van der Waals surface area contributed by atoms with E-state index in [-0.39, 0.29) is 6.54 Å². The van der Waals surface area contributed by atoms with Crippen LogP contribution in [0.4, 0.5) is 0 Å². The third-order valence-corrected chi connectivity index (χ3v) is 0.847. The monoisotopic (exact) mass is 171 g/mol. The normalized spacial score (nSPS) is 9.75. The van der Waals surface area contributed by atoms with Crippen molar-refractivity contribution in [1.29, 1.82) is 0 Å². The largest absolute Gasteiger partial charge is 0.366 e. The number of carbonyl (C=O) groups is 3. The van der Waals surface area contributed by atoms with Crippen molar-refractivity contribution in [1.82, 2.24) is 5.32 Å². The molecule has 0 rings (SSSR count). The van der Waals surface area contributed by atoms with Crippen LogP contribution in [-0.4, -0.2) is 24.3 Å². The number of amides is 3. The van der Waals surface area contributed by atoms with E-state index in [1.165, 1.54) is 0 Å². The molecule has 0 aliphatic rings. The fourth-order valence-corrected chi connectivity index (χ4v) is 0.388. The molecule has 5 N–H and O–H groups in total. The van der Waals surface area contributed by atoms with E-state index < -0.39 is 17.7 Å². The van der Waals surface area contributed by atoms with Crippen molar-refractivity contribution in [3.05, 3.63) is 12.2 Å². The maximum absolute atomic E-state index is 10.6. The first-order valence-corrected chi connectivity index (χ1v) is 3.07. The summed E-state index contributed by atoms with van der Waals surface area (Å²) in [7, 11) is 0. The molecule has 0 fully saturated rings. The van der Waals surface area contributed by atoms with Gasteiger partial charge in [-0.1, -0.05) is 0 Å². The minimum Gasteiger partial charge on any atom is -0.366 e. The average Bonchev–Trinajstić information content (AvgIpc) is 2.00. The van der Waals surface area contributed by atoms with Gasteiger partial charge >= 0.3 is 0 Å². The number of primary amides is 1. The molecule has 0 bridgehead atoms. The van der Waals surface area contributed by atoms with Gasteiger partial charge in [-0.2, -0.15) is 0 Å². The van der Waals surface area contributed by atoms with E-state index in [0.717, 1.165) is 12.2 Å². The molecule has 0 radical (unpaired) electrons. The van der Waals surface area contributed by atoms with E-state index in [4.69, 9.17) is 5.73 Å². The number of imide groups is 1. The molecule has 0 aromatic carbocycles. The summed E-state index contributed by atoms with van der Waals surface area (Å²) < 4.78 is 0. The van der Waals surface area contributed by atoms with Crippen molar-refractivity contribution >= 4 is 17.7 Å². The predicted molar refractivity (Wildman–Crippen MR) is 40.5 cm³/mol. The van der Waals surface area contributed by atoms with Crippen molar-refractivity contribution < 1.29 is 14.4 Å². The highest BCUT2D eigenvalue weighted by atomic mass is 16.2. The van der Waals surface area contributed by atoms with Crippen LogP contribution >= 0.6 is 0 Å². The van der Waals surface area contributed by atoms with Gasteiger partial charge in [0.15, 0.2) is 0 Å². The van der Waals surface area contributed by atoms with Gasteiger partial charge in [-0.15, -0.1) is 0 Å². The van der Waals surface area contributed by atoms with Gasteiger partial charge in [0.05, 0.1) is 6.54 Å². The molecule has 0 aliphatic heterocycles. The first-order valence-electron chi connectivity index (χ1n) is 3.07. The van der Waals surface area contributed by atoms with Gasteiger partial charge in [0.1, 0.15) is 0 Å². The van der Waals surface area contributed by atoms with Crippen LogP contribution < -0.4 is 16.8 Å². The first kappa shape index (κ1) is 10.3. The average molecular weight is 171 g/mol. The lowest BCUT2D eigenvalue weighted by atomic mass is 10.4. The Kier molecular flexibility index (Phi) is 4.32. The van der Waals surface area contributed by atoms with Crippen molar-refractivity contribution in [2.75, 3.05) is 6.54 Å². The minimum atomic E-state index is -0.759. The standard InChI is InChI=1S/C6H9N3O3/c7-3-6(12)9-5(11)2-1-4(8)10/h1-2H,3,7H2,(H2,8,10)(H,9,11,12). The second-order valence-electron chi connectivity index (χ2n) is 1.85. The molecule has 6 nitrogen and oxygen atoms in total. The predicted octanol–water partition coefficient (Wildman–Crippen LogP) is -2.37. The molecule has 12 heavy (non-hydrogen) atoms. The fourth-order valence-electron chi connectivity index (χ4n) is 0.388. The highest BCUT2D eigenvalue weighted by Crippen LogP contribution is 1.72. The van der Waals surface area contributed by atoms with E-state index in [0.29, 0.717) is 0 Å². The molecule has 6 heteroatoms. The van der Waals surface area contributed by atoms with Gasteiger partial charge in [0.25, 0.3) is 5.91 Å². The number of hydrogen-bond donors (Lipinski definition) is 3. The zero-order valence-electron chi connectivity index (χ0n) is 6.24. The number of carbonyl (C=O) groups excluding carboxylic acids is 3. The van der Waals surface area contributed by atoms with Crippen LogP contribution in [0, 0.1) is 0 Å². The van der Waals surface area contributed by atoms with Crippen molar-refractivity contribution in [2.24, 2.45) is 11.5 Å². The highest BCUT2D eigenvalue weighted by Gasteiger charge is 2.00. The lowest BCUT2D eigenvalue weighted by Crippen LogP contribution is -2.34. The molecule has 66 valence electrons. The molecule has 0 aromatic rings. The Hall–Kier alpha value is -1.69. The summed E-state index contributed by atoms with van der Waals surface area (Å²) in [4.78, 5) is 31.2. The van der Waals surface area contributed by atoms with Crippen LogP contribution in [0.25, 0.3) is 0 Å². The summed E-state index contributed by atoms with van der Waals surface area (Å²) >= 11 is 0. The highest BCUT2D eigenvalue weighted by molar-refractivity contribution is 6.04. The van der Waals surface area contributed by atoms with E-state index in [1.807, 2.05) is 5.32 Å². The molecule has 0 aliphatic carbocycles. The van der Waals surface area contributed by atoms with E-state index in [2.05, 4.69) is 5.73 Å². The van der Waals surface area contributed by atoms with Crippen LogP contribution in [-0.2, 0) is 14.4 Å². The number of nitrogens with one attached hydrogen (secondary N) is 1. The maximum Gasteiger partial charge on any atom is 0.250 e. The Balaban J connectivity index is 3.90. The SMILES string of the molecule is NCC(=O)NC(=O)C=CC(N)=O. The molecule has 0 unspecified atom stereocenters. The maximum atomic E-state index is 10.6. The Morgan fingerprint density at radius 2 is 1.83 bits per heavy atom. The zero-order valence-corrected chi connectivity index (χ0v) is 6.24. The van der Waals surface area contributed by atoms with Gasteiger partial charge in [-0.3, -0.25) is 19.7 Å². The van der Waals surface area contributed by atoms with Gasteiger partial charge < -0.3 is 11.5 Å². The Morgan fingerprint density at radius 3 is 2.25 bits per heavy atom. The Labute approximate surface area is 68.6 Å². The molecule has 0 spiro atoms. The molecule has 0 atom stereocenters. The number of hydrogen-bond acceptors (Lipinski definition) is 4. The van der Waals surface area contributed by atoms with E-state index in [9.17, 15) is 14.4 Å². The van der Waals surface area contributed by atoms with Crippen LogP contribution in [0.3, 0.4) is 0 Å². The summed E-state index contributed by atoms with van der Waals surface area (Å²) in [6.45, 7) is -0.282. The Morgan fingerprint density at radius 1 is 1.25 bits per heavy atom. The molecule has 0 heterocycles. The molecular weight excluding hydrogens is 162 g/mol. The summed E-state index contributed by atoms with van der Waals surface area (Å²) in [5.41, 5.74) is 9.58. The summed E-state index contributed by atoms with van der Waals surface area (Å²) in [5, 5.41) is 1.89. The second-order valence-corrected chi connectivity index (χ2v) is 1.85. The first-order chi connectivity index (χ1) is 5.56. The van der Waals surface area contributed by atoms with Gasteiger partial charge in [-0.25, -0.2) is 0 Å². The van der Waals surface area contributed by atoms with Crippen LogP contribution in [0.1, 0.15) is 0 Å². The third kappa shape index (κ3) is 5.12. The molecule has 0 aromatic heterocycles. The van der Waals surface area contributed by atoms with Gasteiger partial charge in [-0.05, 0) is 0 Å². The van der Waals surface area contributed by atoms with Crippen molar-refractivity contribution in [2.45, 2.75) is 0 Å². The lowest BCUT2D eigenvalue weighted by Gasteiger charge is -1.95. The van der Waals surface area contributed by atoms with Gasteiger partial charge in [0, 0.05) is 12.2 Å². The fraction of sp³-hybridized carbons (Fsp3) is 0.167. The van der Waals surface area contributed by atoms with E-state index in [1.54, 1.807) is 0 Å². The summed E-state index contributed by atoms with van der Waals surface area (Å²) in [5.74, 6) is -2.09. The van der Waals surface area contributed by atoms with Crippen LogP contribution in [0.5, 0.6) is 0 Å². The second kappa shape index (κ2) is 5.03. The van der Waals surface area contributed by atoms with Crippen molar-refractivity contribution in [3.8, 4) is 0 Å². The van der Waals surface area contributed by atoms with Crippen LogP contribution in [0.15, 0.2) is 12.2 Å². The van der Waals surface area contributed by atoms with Crippen molar-refractivity contribution in [3.63, 3.8) is 0 Å². The summed E-state index contributed by atoms with van der Waals surface area (Å²) in [6, 6.07) is 0. The lowest BCUT2D eigenvalue weighted by molar-refractivity contribution is -0.127.